The molecular weight excluding hydrogens is 447 g/mol. The molecule has 4 rings (SSSR count). The lowest BCUT2D eigenvalue weighted by Gasteiger charge is -2.35. The third-order valence-electron chi connectivity index (χ3n) is 7.82. The van der Waals surface area contributed by atoms with Crippen LogP contribution in [0.15, 0.2) is 24.4 Å². The standard InChI is InChI=1S/C27H37FN4O3/c1-17(29-3)26(34)30-25(19-8-5-4-6-9-19)27(35)31-13-7-10-22(31)14-20-16-32(18(2)33)24-15-21(28)11-12-23(20)24/h11-12,15-17,19,22,25,29H,4-10,13-14H2,1-3H3,(H,30,34)/t17-,22+,25-/m0/s1. The molecule has 0 spiro atoms. The van der Waals surface area contributed by atoms with Gasteiger partial charge in [0.1, 0.15) is 11.9 Å². The lowest BCUT2D eigenvalue weighted by atomic mass is 9.83. The number of nitrogens with one attached hydrogen (secondary N) is 2. The zero-order valence-corrected chi connectivity index (χ0v) is 21.0. The molecule has 2 N–H and O–H groups in total. The van der Waals surface area contributed by atoms with E-state index in [1.54, 1.807) is 26.2 Å². The molecule has 35 heavy (non-hydrogen) atoms. The van der Waals surface area contributed by atoms with Gasteiger partial charge in [-0.2, -0.15) is 0 Å². The molecule has 1 saturated heterocycles. The molecule has 3 atom stereocenters. The van der Waals surface area contributed by atoms with Gasteiger partial charge in [0.15, 0.2) is 0 Å². The Morgan fingerprint density at radius 1 is 1.11 bits per heavy atom. The van der Waals surface area contributed by atoms with Crippen LogP contribution in [0.2, 0.25) is 0 Å². The van der Waals surface area contributed by atoms with Crippen molar-refractivity contribution in [3.8, 4) is 0 Å². The second-order valence-corrected chi connectivity index (χ2v) is 10.1. The fourth-order valence-electron chi connectivity index (χ4n) is 5.72. The molecule has 0 radical (unpaired) electrons. The SMILES string of the molecule is CN[C@@H](C)C(=O)N[C@H](C(=O)N1CCC[C@@H]1Cc1cn(C(C)=O)c2cc(F)ccc12)C1CCCCC1. The Hall–Kier alpha value is -2.74. The minimum Gasteiger partial charge on any atom is -0.343 e. The molecule has 190 valence electrons. The van der Waals surface area contributed by atoms with Gasteiger partial charge in [0, 0.05) is 31.1 Å². The van der Waals surface area contributed by atoms with E-state index in [0.717, 1.165) is 49.5 Å². The highest BCUT2D eigenvalue weighted by Gasteiger charge is 2.38. The van der Waals surface area contributed by atoms with Gasteiger partial charge in [0.05, 0.1) is 11.6 Å². The average molecular weight is 485 g/mol. The number of hydrogen-bond donors (Lipinski definition) is 2. The van der Waals surface area contributed by atoms with Crippen LogP contribution in [0.4, 0.5) is 4.39 Å². The highest BCUT2D eigenvalue weighted by molar-refractivity contribution is 5.94. The van der Waals surface area contributed by atoms with Crippen LogP contribution in [0.25, 0.3) is 10.9 Å². The van der Waals surface area contributed by atoms with Crippen molar-refractivity contribution in [2.75, 3.05) is 13.6 Å². The van der Waals surface area contributed by atoms with Gasteiger partial charge in [-0.25, -0.2) is 4.39 Å². The van der Waals surface area contributed by atoms with Gasteiger partial charge in [0.2, 0.25) is 17.7 Å². The largest absolute Gasteiger partial charge is 0.343 e. The summed E-state index contributed by atoms with van der Waals surface area (Å²) in [6.07, 6.45) is 9.35. The van der Waals surface area contributed by atoms with Crippen LogP contribution in [-0.4, -0.2) is 58.9 Å². The third kappa shape index (κ3) is 5.42. The summed E-state index contributed by atoms with van der Waals surface area (Å²) < 4.78 is 15.4. The number of likely N-dealkylation sites (tertiary alicyclic amines) is 1. The Bertz CT molecular complexity index is 1090. The summed E-state index contributed by atoms with van der Waals surface area (Å²) in [4.78, 5) is 40.8. The number of amides is 2. The smallest absolute Gasteiger partial charge is 0.245 e. The number of rotatable bonds is 7. The summed E-state index contributed by atoms with van der Waals surface area (Å²) in [7, 11) is 1.74. The summed E-state index contributed by atoms with van der Waals surface area (Å²) in [5.74, 6) is -0.571. The van der Waals surface area contributed by atoms with Crippen LogP contribution in [0.3, 0.4) is 0 Å². The van der Waals surface area contributed by atoms with Crippen LogP contribution < -0.4 is 10.6 Å². The molecule has 2 heterocycles. The number of carbonyl (C=O) groups is 3. The number of fused-ring (bicyclic) bond motifs is 1. The maximum Gasteiger partial charge on any atom is 0.245 e. The second-order valence-electron chi connectivity index (χ2n) is 10.1. The molecule has 2 amide bonds. The van der Waals surface area contributed by atoms with E-state index < -0.39 is 6.04 Å². The van der Waals surface area contributed by atoms with Gasteiger partial charge < -0.3 is 15.5 Å². The minimum atomic E-state index is -0.521. The zero-order chi connectivity index (χ0) is 25.1. The van der Waals surface area contributed by atoms with Gasteiger partial charge in [0.25, 0.3) is 0 Å². The van der Waals surface area contributed by atoms with Crippen molar-refractivity contribution >= 4 is 28.6 Å². The zero-order valence-electron chi connectivity index (χ0n) is 21.0. The molecule has 0 bridgehead atoms. The van der Waals surface area contributed by atoms with Crippen LogP contribution >= 0.6 is 0 Å². The Kier molecular flexibility index (Phi) is 7.89. The molecule has 2 aliphatic rings. The minimum absolute atomic E-state index is 0.00240. The predicted octanol–water partition coefficient (Wildman–Crippen LogP) is 3.65. The van der Waals surface area contributed by atoms with E-state index in [-0.39, 0.29) is 41.5 Å². The molecule has 8 heteroatoms. The molecule has 2 fully saturated rings. The lowest BCUT2D eigenvalue weighted by Crippen LogP contribution is -2.56. The number of halogens is 1. The summed E-state index contributed by atoms with van der Waals surface area (Å²) in [5.41, 5.74) is 1.48. The average Bonchev–Trinajstić information content (AvgIpc) is 3.46. The monoisotopic (exact) mass is 484 g/mol. The topological polar surface area (TPSA) is 83.4 Å². The number of aromatic nitrogens is 1. The predicted molar refractivity (Wildman–Crippen MR) is 134 cm³/mol. The van der Waals surface area contributed by atoms with Crippen molar-refractivity contribution in [3.63, 3.8) is 0 Å². The third-order valence-corrected chi connectivity index (χ3v) is 7.82. The normalized spacial score (nSPS) is 20.7. The molecule has 1 aliphatic carbocycles. The van der Waals surface area contributed by atoms with Crippen LogP contribution in [0.1, 0.15) is 69.2 Å². The Morgan fingerprint density at radius 2 is 1.86 bits per heavy atom. The molecule has 1 aromatic heterocycles. The van der Waals surface area contributed by atoms with Crippen molar-refractivity contribution in [1.29, 1.82) is 0 Å². The van der Waals surface area contributed by atoms with Crippen LogP contribution in [-0.2, 0) is 16.0 Å². The summed E-state index contributed by atoms with van der Waals surface area (Å²) in [6, 6.07) is 3.59. The van der Waals surface area contributed by atoms with Gasteiger partial charge in [-0.1, -0.05) is 19.3 Å². The van der Waals surface area contributed by atoms with E-state index in [1.807, 2.05) is 4.90 Å². The summed E-state index contributed by atoms with van der Waals surface area (Å²) in [5, 5.41) is 6.87. The van der Waals surface area contributed by atoms with Gasteiger partial charge in [-0.15, -0.1) is 0 Å². The van der Waals surface area contributed by atoms with Crippen molar-refractivity contribution in [2.24, 2.45) is 5.92 Å². The maximum atomic E-state index is 13.9. The van der Waals surface area contributed by atoms with Crippen molar-refractivity contribution in [1.82, 2.24) is 20.1 Å². The quantitative estimate of drug-likeness (QED) is 0.629. The number of nitrogens with zero attached hydrogens (tertiary/aromatic N) is 2. The first-order valence-corrected chi connectivity index (χ1v) is 12.9. The number of benzene rings is 1. The highest BCUT2D eigenvalue weighted by Crippen LogP contribution is 2.31. The van der Waals surface area contributed by atoms with E-state index in [9.17, 15) is 18.8 Å². The molecule has 7 nitrogen and oxygen atoms in total. The van der Waals surface area contributed by atoms with E-state index in [0.29, 0.717) is 18.5 Å². The van der Waals surface area contributed by atoms with E-state index >= 15 is 0 Å². The molecule has 1 aromatic carbocycles. The molecule has 2 aromatic rings. The molecule has 1 aliphatic heterocycles. The first-order chi connectivity index (χ1) is 16.8. The van der Waals surface area contributed by atoms with Crippen LogP contribution in [0, 0.1) is 11.7 Å². The lowest BCUT2D eigenvalue weighted by molar-refractivity contribution is -0.139. The van der Waals surface area contributed by atoms with Gasteiger partial charge in [-0.3, -0.25) is 19.0 Å². The van der Waals surface area contributed by atoms with Gasteiger partial charge >= 0.3 is 0 Å². The number of carbonyl (C=O) groups excluding carboxylic acids is 3. The number of hydrogen-bond acceptors (Lipinski definition) is 4. The van der Waals surface area contributed by atoms with Crippen molar-refractivity contribution in [2.45, 2.75) is 83.3 Å². The Labute approximate surface area is 206 Å². The maximum absolute atomic E-state index is 13.9. The van der Waals surface area contributed by atoms with Gasteiger partial charge in [-0.05, 0) is 75.8 Å². The summed E-state index contributed by atoms with van der Waals surface area (Å²) >= 11 is 0. The first kappa shape index (κ1) is 25.4. The van der Waals surface area contributed by atoms with E-state index in [1.165, 1.54) is 30.0 Å². The Morgan fingerprint density at radius 3 is 2.54 bits per heavy atom. The van der Waals surface area contributed by atoms with E-state index in [4.69, 9.17) is 0 Å². The van der Waals surface area contributed by atoms with Crippen molar-refractivity contribution in [3.05, 3.63) is 35.8 Å². The second kappa shape index (κ2) is 10.9. The fraction of sp³-hybridized carbons (Fsp3) is 0.593. The summed E-state index contributed by atoms with van der Waals surface area (Å²) in [6.45, 7) is 3.91. The fourth-order valence-corrected chi connectivity index (χ4v) is 5.72. The highest BCUT2D eigenvalue weighted by atomic mass is 19.1. The van der Waals surface area contributed by atoms with Crippen LogP contribution in [0.5, 0.6) is 0 Å². The number of likely N-dealkylation sites (N-methyl/N-ethyl adjacent to an activating group) is 1. The first-order valence-electron chi connectivity index (χ1n) is 12.9. The van der Waals surface area contributed by atoms with Crippen molar-refractivity contribution < 1.29 is 18.8 Å². The Balaban J connectivity index is 1.58. The van der Waals surface area contributed by atoms with E-state index in [2.05, 4.69) is 10.6 Å². The molecule has 0 unspecified atom stereocenters. The molecule has 1 saturated carbocycles. The molecular formula is C27H37FN4O3.